The van der Waals surface area contributed by atoms with Crippen LogP contribution in [0.5, 0.6) is 0 Å². The van der Waals surface area contributed by atoms with E-state index in [2.05, 4.69) is 6.58 Å². The number of hydrogen-bond donors (Lipinski definition) is 2. The summed E-state index contributed by atoms with van der Waals surface area (Å²) in [6.07, 6.45) is -0.728. The second kappa shape index (κ2) is 4.94. The van der Waals surface area contributed by atoms with Gasteiger partial charge in [0.15, 0.2) is 0 Å². The molecule has 0 heterocycles. The summed E-state index contributed by atoms with van der Waals surface area (Å²) >= 11 is 0. The number of benzene rings is 1. The first-order valence-corrected chi connectivity index (χ1v) is 4.70. The van der Waals surface area contributed by atoms with E-state index in [-0.39, 0.29) is 0 Å². The van der Waals surface area contributed by atoms with Gasteiger partial charge in [0.1, 0.15) is 0 Å². The van der Waals surface area contributed by atoms with Crippen molar-refractivity contribution < 1.29 is 10.2 Å². The number of aliphatic hydroxyl groups is 2. The van der Waals surface area contributed by atoms with E-state index >= 15 is 0 Å². The second-order valence-electron chi connectivity index (χ2n) is 3.46. The molecule has 14 heavy (non-hydrogen) atoms. The van der Waals surface area contributed by atoms with E-state index in [0.717, 1.165) is 5.56 Å². The van der Waals surface area contributed by atoms with Gasteiger partial charge in [-0.3, -0.25) is 0 Å². The Morgan fingerprint density at radius 3 is 2.36 bits per heavy atom. The lowest BCUT2D eigenvalue weighted by atomic mass is 10.00. The highest BCUT2D eigenvalue weighted by molar-refractivity contribution is 5.19. The average molecular weight is 192 g/mol. The van der Waals surface area contributed by atoms with Gasteiger partial charge in [-0.2, -0.15) is 0 Å². The number of hydrogen-bond acceptors (Lipinski definition) is 2. The lowest BCUT2D eigenvalue weighted by Crippen LogP contribution is -2.08. The van der Waals surface area contributed by atoms with Gasteiger partial charge in [-0.25, -0.2) is 0 Å². The lowest BCUT2D eigenvalue weighted by Gasteiger charge is -2.14. The standard InChI is InChI=1S/C12H16O2/c1-9(10(2)13)8-12(14)11-6-4-3-5-7-11/h3-7,10,12-14H,1,8H2,2H3/t10-,12+/m1/s1. The average Bonchev–Trinajstić information content (AvgIpc) is 2.19. The van der Waals surface area contributed by atoms with Crippen LogP contribution in [-0.2, 0) is 0 Å². The molecule has 0 spiro atoms. The summed E-state index contributed by atoms with van der Waals surface area (Å²) in [5, 5.41) is 19.0. The Morgan fingerprint density at radius 1 is 1.29 bits per heavy atom. The van der Waals surface area contributed by atoms with E-state index in [0.29, 0.717) is 12.0 Å². The number of aliphatic hydroxyl groups excluding tert-OH is 2. The van der Waals surface area contributed by atoms with Crippen LogP contribution >= 0.6 is 0 Å². The van der Waals surface area contributed by atoms with Crippen molar-refractivity contribution in [1.29, 1.82) is 0 Å². The van der Waals surface area contributed by atoms with Gasteiger partial charge in [-0.15, -0.1) is 0 Å². The van der Waals surface area contributed by atoms with Gasteiger partial charge in [0.05, 0.1) is 12.2 Å². The molecule has 1 aromatic rings. The molecule has 2 heteroatoms. The summed E-state index contributed by atoms with van der Waals surface area (Å²) in [7, 11) is 0. The summed E-state index contributed by atoms with van der Waals surface area (Å²) in [5.74, 6) is 0. The maximum absolute atomic E-state index is 9.77. The predicted molar refractivity (Wildman–Crippen MR) is 56.8 cm³/mol. The third-order valence-electron chi connectivity index (χ3n) is 2.23. The fourth-order valence-corrected chi connectivity index (χ4v) is 1.21. The van der Waals surface area contributed by atoms with Gasteiger partial charge in [-0.1, -0.05) is 36.9 Å². The maximum atomic E-state index is 9.77. The van der Waals surface area contributed by atoms with Crippen molar-refractivity contribution in [3.63, 3.8) is 0 Å². The first-order chi connectivity index (χ1) is 6.61. The van der Waals surface area contributed by atoms with Gasteiger partial charge < -0.3 is 10.2 Å². The van der Waals surface area contributed by atoms with Crippen LogP contribution in [0.15, 0.2) is 42.5 Å². The quantitative estimate of drug-likeness (QED) is 0.717. The van der Waals surface area contributed by atoms with E-state index in [1.165, 1.54) is 0 Å². The van der Waals surface area contributed by atoms with Gasteiger partial charge >= 0.3 is 0 Å². The molecule has 0 unspecified atom stereocenters. The van der Waals surface area contributed by atoms with E-state index in [1.807, 2.05) is 30.3 Å². The predicted octanol–water partition coefficient (Wildman–Crippen LogP) is 2.05. The van der Waals surface area contributed by atoms with Gasteiger partial charge in [0.2, 0.25) is 0 Å². The monoisotopic (exact) mass is 192 g/mol. The molecule has 0 amide bonds. The summed E-state index contributed by atoms with van der Waals surface area (Å²) in [5.41, 5.74) is 1.51. The van der Waals surface area contributed by atoms with E-state index in [9.17, 15) is 10.2 Å². The third-order valence-corrected chi connectivity index (χ3v) is 2.23. The molecular formula is C12H16O2. The largest absolute Gasteiger partial charge is 0.389 e. The smallest absolute Gasteiger partial charge is 0.0828 e. The van der Waals surface area contributed by atoms with Crippen molar-refractivity contribution >= 4 is 0 Å². The molecule has 1 rings (SSSR count). The summed E-state index contributed by atoms with van der Waals surface area (Å²) < 4.78 is 0. The van der Waals surface area contributed by atoms with Crippen molar-refractivity contribution in [3.8, 4) is 0 Å². The van der Waals surface area contributed by atoms with Crippen molar-refractivity contribution in [2.75, 3.05) is 0 Å². The first-order valence-electron chi connectivity index (χ1n) is 4.70. The van der Waals surface area contributed by atoms with Gasteiger partial charge in [0.25, 0.3) is 0 Å². The molecule has 0 saturated heterocycles. The molecule has 76 valence electrons. The molecule has 0 aromatic heterocycles. The highest BCUT2D eigenvalue weighted by atomic mass is 16.3. The maximum Gasteiger partial charge on any atom is 0.0828 e. The molecule has 1 aromatic carbocycles. The van der Waals surface area contributed by atoms with Crippen molar-refractivity contribution in [2.24, 2.45) is 0 Å². The molecule has 0 aliphatic carbocycles. The van der Waals surface area contributed by atoms with Gasteiger partial charge in [0, 0.05) is 6.42 Å². The molecule has 0 radical (unpaired) electrons. The zero-order chi connectivity index (χ0) is 10.6. The van der Waals surface area contributed by atoms with Crippen LogP contribution in [0.25, 0.3) is 0 Å². The van der Waals surface area contributed by atoms with Crippen LogP contribution in [0.4, 0.5) is 0 Å². The zero-order valence-electron chi connectivity index (χ0n) is 8.35. The third kappa shape index (κ3) is 2.98. The molecule has 0 aliphatic rings. The Bertz CT molecular complexity index is 290. The highest BCUT2D eigenvalue weighted by Gasteiger charge is 2.11. The fraction of sp³-hybridized carbons (Fsp3) is 0.333. The Labute approximate surface area is 84.5 Å². The van der Waals surface area contributed by atoms with Crippen LogP contribution in [0.3, 0.4) is 0 Å². The molecule has 2 N–H and O–H groups in total. The summed E-state index contributed by atoms with van der Waals surface area (Å²) in [6, 6.07) is 9.38. The van der Waals surface area contributed by atoms with Crippen LogP contribution in [0.1, 0.15) is 25.0 Å². The number of rotatable bonds is 4. The van der Waals surface area contributed by atoms with Gasteiger partial charge in [-0.05, 0) is 18.1 Å². The van der Waals surface area contributed by atoms with Crippen LogP contribution in [0, 0.1) is 0 Å². The summed E-state index contributed by atoms with van der Waals surface area (Å²) in [4.78, 5) is 0. The normalized spacial score (nSPS) is 14.8. The Hall–Kier alpha value is -1.12. The van der Waals surface area contributed by atoms with E-state index in [1.54, 1.807) is 6.92 Å². The molecule has 0 fully saturated rings. The first kappa shape index (κ1) is 11.0. The molecule has 2 nitrogen and oxygen atoms in total. The van der Waals surface area contributed by atoms with Crippen LogP contribution < -0.4 is 0 Å². The van der Waals surface area contributed by atoms with E-state index < -0.39 is 12.2 Å². The molecular weight excluding hydrogens is 176 g/mol. The second-order valence-corrected chi connectivity index (χ2v) is 3.46. The topological polar surface area (TPSA) is 40.5 Å². The van der Waals surface area contributed by atoms with Crippen molar-refractivity contribution in [3.05, 3.63) is 48.0 Å². The van der Waals surface area contributed by atoms with Crippen LogP contribution in [-0.4, -0.2) is 16.3 Å². The minimum absolute atomic E-state index is 0.404. The minimum Gasteiger partial charge on any atom is -0.389 e. The minimum atomic E-state index is -0.571. The Morgan fingerprint density at radius 2 is 1.86 bits per heavy atom. The van der Waals surface area contributed by atoms with E-state index in [4.69, 9.17) is 0 Å². The van der Waals surface area contributed by atoms with Crippen LogP contribution in [0.2, 0.25) is 0 Å². The lowest BCUT2D eigenvalue weighted by molar-refractivity contribution is 0.159. The molecule has 0 aliphatic heterocycles. The van der Waals surface area contributed by atoms with Crippen molar-refractivity contribution in [1.82, 2.24) is 0 Å². The SMILES string of the molecule is C=C(C[C@H](O)c1ccccc1)[C@@H](C)O. The molecule has 2 atom stereocenters. The molecule has 0 saturated carbocycles. The van der Waals surface area contributed by atoms with Crippen molar-refractivity contribution in [2.45, 2.75) is 25.6 Å². The zero-order valence-corrected chi connectivity index (χ0v) is 8.35. The molecule has 0 bridgehead atoms. The fourth-order valence-electron chi connectivity index (χ4n) is 1.21. The highest BCUT2D eigenvalue weighted by Crippen LogP contribution is 2.21. The Kier molecular flexibility index (Phi) is 3.86. The Balaban J connectivity index is 2.59. The summed E-state index contributed by atoms with van der Waals surface area (Å²) in [6.45, 7) is 5.36.